The average molecular weight is 243 g/mol. The summed E-state index contributed by atoms with van der Waals surface area (Å²) in [6.07, 6.45) is 3.80. The lowest BCUT2D eigenvalue weighted by Crippen LogP contribution is -2.36. The first-order chi connectivity index (χ1) is 8.34. The van der Waals surface area contributed by atoms with Gasteiger partial charge < -0.3 is 14.2 Å². The second-order valence-electron chi connectivity index (χ2n) is 5.05. The fourth-order valence-corrected chi connectivity index (χ4v) is 2.40. The highest BCUT2D eigenvalue weighted by Crippen LogP contribution is 2.16. The molecular formula is C13H25NO3. The first-order valence-corrected chi connectivity index (χ1v) is 6.88. The molecule has 2 heterocycles. The van der Waals surface area contributed by atoms with E-state index >= 15 is 0 Å². The van der Waals surface area contributed by atoms with E-state index in [4.69, 9.17) is 14.2 Å². The number of hydrogen-bond acceptors (Lipinski definition) is 4. The van der Waals surface area contributed by atoms with Gasteiger partial charge in [-0.3, -0.25) is 4.90 Å². The van der Waals surface area contributed by atoms with Crippen LogP contribution in [-0.2, 0) is 14.2 Å². The molecule has 17 heavy (non-hydrogen) atoms. The Kier molecular flexibility index (Phi) is 5.71. The van der Waals surface area contributed by atoms with Crippen molar-refractivity contribution in [2.75, 3.05) is 46.1 Å². The van der Waals surface area contributed by atoms with Gasteiger partial charge in [0.25, 0.3) is 0 Å². The van der Waals surface area contributed by atoms with Gasteiger partial charge in [0.15, 0.2) is 6.29 Å². The summed E-state index contributed by atoms with van der Waals surface area (Å²) >= 11 is 0. The lowest BCUT2D eigenvalue weighted by molar-refractivity contribution is -0.191. The van der Waals surface area contributed by atoms with E-state index in [1.165, 1.54) is 25.8 Å². The van der Waals surface area contributed by atoms with E-state index in [1.54, 1.807) is 0 Å². The van der Waals surface area contributed by atoms with Gasteiger partial charge in [-0.15, -0.1) is 0 Å². The summed E-state index contributed by atoms with van der Waals surface area (Å²) in [6.45, 7) is 8.95. The number of unbranched alkanes of at least 4 members (excludes halogenated alkanes) is 1. The van der Waals surface area contributed by atoms with Crippen molar-refractivity contribution >= 4 is 0 Å². The van der Waals surface area contributed by atoms with E-state index in [9.17, 15) is 0 Å². The molecule has 4 heteroatoms. The van der Waals surface area contributed by atoms with Gasteiger partial charge in [0.2, 0.25) is 0 Å². The molecule has 2 aliphatic rings. The second-order valence-corrected chi connectivity index (χ2v) is 5.05. The molecule has 0 aliphatic carbocycles. The lowest BCUT2D eigenvalue weighted by atomic mass is 10.0. The molecule has 0 aromatic carbocycles. The molecule has 2 aliphatic heterocycles. The molecule has 2 fully saturated rings. The molecule has 0 amide bonds. The number of ether oxygens (including phenoxy) is 3. The molecule has 2 rings (SSSR count). The van der Waals surface area contributed by atoms with Crippen LogP contribution in [0, 0.1) is 5.92 Å². The van der Waals surface area contributed by atoms with Crippen molar-refractivity contribution in [2.45, 2.75) is 32.5 Å². The zero-order chi connectivity index (χ0) is 11.9. The molecular weight excluding hydrogens is 218 g/mol. The highest BCUT2D eigenvalue weighted by molar-refractivity contribution is 4.65. The van der Waals surface area contributed by atoms with E-state index in [0.717, 1.165) is 39.5 Å². The van der Waals surface area contributed by atoms with Crippen molar-refractivity contribution in [1.29, 1.82) is 0 Å². The Morgan fingerprint density at radius 2 is 1.76 bits per heavy atom. The van der Waals surface area contributed by atoms with Crippen LogP contribution in [0.3, 0.4) is 0 Å². The largest absolute Gasteiger partial charge is 0.379 e. The summed E-state index contributed by atoms with van der Waals surface area (Å²) in [5, 5.41) is 0. The maximum absolute atomic E-state index is 5.49. The first kappa shape index (κ1) is 13.3. The predicted molar refractivity (Wildman–Crippen MR) is 66.0 cm³/mol. The molecule has 0 radical (unpaired) electrons. The topological polar surface area (TPSA) is 30.9 Å². The van der Waals surface area contributed by atoms with Gasteiger partial charge in [-0.1, -0.05) is 6.42 Å². The zero-order valence-corrected chi connectivity index (χ0v) is 10.9. The summed E-state index contributed by atoms with van der Waals surface area (Å²) in [5.74, 6) is 0.607. The highest BCUT2D eigenvalue weighted by Gasteiger charge is 2.18. The highest BCUT2D eigenvalue weighted by atomic mass is 16.7. The van der Waals surface area contributed by atoms with Crippen LogP contribution >= 0.6 is 0 Å². The fourth-order valence-electron chi connectivity index (χ4n) is 2.40. The summed E-state index contributed by atoms with van der Waals surface area (Å²) in [4.78, 5) is 2.50. The second kappa shape index (κ2) is 7.31. The van der Waals surface area contributed by atoms with Crippen molar-refractivity contribution < 1.29 is 14.2 Å². The number of morpholine rings is 1. The molecule has 0 spiro atoms. The minimum absolute atomic E-state index is 0.000370. The molecule has 2 saturated heterocycles. The van der Waals surface area contributed by atoms with Gasteiger partial charge in [0.1, 0.15) is 0 Å². The molecule has 0 saturated carbocycles. The SMILES string of the molecule is CC1OCC(CCCCN2CCOCC2)CO1. The molecule has 100 valence electrons. The van der Waals surface area contributed by atoms with Crippen LogP contribution in [0.15, 0.2) is 0 Å². The van der Waals surface area contributed by atoms with Crippen molar-refractivity contribution in [2.24, 2.45) is 5.92 Å². The van der Waals surface area contributed by atoms with Gasteiger partial charge in [-0.25, -0.2) is 0 Å². The number of hydrogen-bond donors (Lipinski definition) is 0. The predicted octanol–water partition coefficient (Wildman–Crippen LogP) is 1.50. The minimum atomic E-state index is -0.000370. The standard InChI is InChI=1S/C13H25NO3/c1-12-16-10-13(11-17-12)4-2-3-5-14-6-8-15-9-7-14/h12-13H,2-11H2,1H3. The van der Waals surface area contributed by atoms with Crippen LogP contribution in [0.5, 0.6) is 0 Å². The quantitative estimate of drug-likeness (QED) is 0.685. The Labute approximate surface area is 104 Å². The van der Waals surface area contributed by atoms with Crippen molar-refractivity contribution in [3.05, 3.63) is 0 Å². The summed E-state index contributed by atoms with van der Waals surface area (Å²) in [5.41, 5.74) is 0. The van der Waals surface area contributed by atoms with Gasteiger partial charge in [-0.05, 0) is 26.3 Å². The summed E-state index contributed by atoms with van der Waals surface area (Å²) < 4.78 is 16.3. The summed E-state index contributed by atoms with van der Waals surface area (Å²) in [7, 11) is 0. The van der Waals surface area contributed by atoms with Crippen molar-refractivity contribution in [3.8, 4) is 0 Å². The third-order valence-electron chi connectivity index (χ3n) is 3.57. The van der Waals surface area contributed by atoms with Gasteiger partial charge in [-0.2, -0.15) is 0 Å². The maximum atomic E-state index is 5.49. The fraction of sp³-hybridized carbons (Fsp3) is 1.00. The minimum Gasteiger partial charge on any atom is -0.379 e. The molecule has 0 N–H and O–H groups in total. The number of rotatable bonds is 5. The molecule has 0 unspecified atom stereocenters. The lowest BCUT2D eigenvalue weighted by Gasteiger charge is -2.28. The maximum Gasteiger partial charge on any atom is 0.154 e. The van der Waals surface area contributed by atoms with Crippen LogP contribution in [-0.4, -0.2) is 57.3 Å². The van der Waals surface area contributed by atoms with Crippen LogP contribution in [0.2, 0.25) is 0 Å². The Hall–Kier alpha value is -0.160. The molecule has 4 nitrogen and oxygen atoms in total. The molecule has 0 bridgehead atoms. The Morgan fingerprint density at radius 3 is 2.47 bits per heavy atom. The van der Waals surface area contributed by atoms with Gasteiger partial charge >= 0.3 is 0 Å². The van der Waals surface area contributed by atoms with E-state index < -0.39 is 0 Å². The summed E-state index contributed by atoms with van der Waals surface area (Å²) in [6, 6.07) is 0. The van der Waals surface area contributed by atoms with Gasteiger partial charge in [0, 0.05) is 19.0 Å². The van der Waals surface area contributed by atoms with E-state index in [0.29, 0.717) is 5.92 Å². The average Bonchev–Trinajstić information content (AvgIpc) is 2.38. The van der Waals surface area contributed by atoms with Gasteiger partial charge in [0.05, 0.1) is 26.4 Å². The third kappa shape index (κ3) is 4.92. The molecule has 0 atom stereocenters. The van der Waals surface area contributed by atoms with Crippen LogP contribution in [0.4, 0.5) is 0 Å². The third-order valence-corrected chi connectivity index (χ3v) is 3.57. The molecule has 0 aromatic rings. The van der Waals surface area contributed by atoms with Crippen LogP contribution < -0.4 is 0 Å². The Bertz CT molecular complexity index is 199. The molecule has 0 aromatic heterocycles. The van der Waals surface area contributed by atoms with Crippen LogP contribution in [0.1, 0.15) is 26.2 Å². The van der Waals surface area contributed by atoms with E-state index in [2.05, 4.69) is 4.90 Å². The normalized spacial score (nSPS) is 31.6. The smallest absolute Gasteiger partial charge is 0.154 e. The first-order valence-electron chi connectivity index (χ1n) is 6.88. The van der Waals surface area contributed by atoms with Crippen molar-refractivity contribution in [3.63, 3.8) is 0 Å². The van der Waals surface area contributed by atoms with Crippen molar-refractivity contribution in [1.82, 2.24) is 4.90 Å². The zero-order valence-electron chi connectivity index (χ0n) is 10.9. The Balaban J connectivity index is 1.48. The number of nitrogens with zero attached hydrogens (tertiary/aromatic N) is 1. The van der Waals surface area contributed by atoms with Crippen LogP contribution in [0.25, 0.3) is 0 Å². The van der Waals surface area contributed by atoms with E-state index in [-0.39, 0.29) is 6.29 Å². The van der Waals surface area contributed by atoms with E-state index in [1.807, 2.05) is 6.92 Å². The Morgan fingerprint density at radius 1 is 1.06 bits per heavy atom. The monoisotopic (exact) mass is 243 g/mol.